The van der Waals surface area contributed by atoms with Crippen molar-refractivity contribution in [3.63, 3.8) is 0 Å². The van der Waals surface area contributed by atoms with E-state index in [0.29, 0.717) is 17.8 Å². The van der Waals surface area contributed by atoms with Crippen LogP contribution in [0.25, 0.3) is 0 Å². The molecule has 80 valence electrons. The number of carboxylic acids is 1. The van der Waals surface area contributed by atoms with Crippen LogP contribution in [0.1, 0.15) is 40.0 Å². The van der Waals surface area contributed by atoms with E-state index in [1.807, 2.05) is 0 Å². The van der Waals surface area contributed by atoms with Gasteiger partial charge in [0.2, 0.25) is 0 Å². The summed E-state index contributed by atoms with van der Waals surface area (Å²) in [5, 5.41) is 8.78. The van der Waals surface area contributed by atoms with Gasteiger partial charge in [-0.25, -0.2) is 4.79 Å². The topological polar surface area (TPSA) is 37.3 Å². The van der Waals surface area contributed by atoms with E-state index in [9.17, 15) is 4.79 Å². The van der Waals surface area contributed by atoms with Crippen LogP contribution in [0.3, 0.4) is 0 Å². The van der Waals surface area contributed by atoms with E-state index < -0.39 is 5.97 Å². The average molecular weight is 196 g/mol. The molecular weight excluding hydrogens is 176 g/mol. The van der Waals surface area contributed by atoms with Crippen LogP contribution in [0.2, 0.25) is 0 Å². The molecule has 0 aliphatic heterocycles. The molecule has 0 bridgehead atoms. The summed E-state index contributed by atoms with van der Waals surface area (Å²) < 4.78 is 0. The van der Waals surface area contributed by atoms with Gasteiger partial charge in [-0.2, -0.15) is 0 Å². The van der Waals surface area contributed by atoms with Gasteiger partial charge in [0.05, 0.1) is 0 Å². The molecule has 0 heterocycles. The first-order valence-electron chi connectivity index (χ1n) is 5.44. The zero-order valence-electron chi connectivity index (χ0n) is 9.29. The molecule has 1 N–H and O–H groups in total. The number of rotatable bonds is 2. The minimum absolute atomic E-state index is 0.488. The number of hydrogen-bond donors (Lipinski definition) is 1. The fraction of sp³-hybridized carbons (Fsp3) is 0.750. The summed E-state index contributed by atoms with van der Waals surface area (Å²) in [6.45, 7) is 6.55. The van der Waals surface area contributed by atoms with E-state index in [1.165, 1.54) is 12.5 Å². The zero-order chi connectivity index (χ0) is 10.7. The van der Waals surface area contributed by atoms with Crippen molar-refractivity contribution in [3.05, 3.63) is 11.6 Å². The standard InChI is InChI=1S/C12H20O2/c1-8(2)11-5-4-9(3)6-10(11)7-12(13)14/h7-9,11H,4-6H2,1-3H3,(H,13,14)/b10-7+/t9-,11+/m1/s1. The molecule has 0 amide bonds. The summed E-state index contributed by atoms with van der Waals surface area (Å²) in [5.41, 5.74) is 1.14. The molecule has 0 saturated heterocycles. The Balaban J connectivity index is 2.78. The summed E-state index contributed by atoms with van der Waals surface area (Å²) >= 11 is 0. The molecule has 1 aliphatic carbocycles. The van der Waals surface area contributed by atoms with Crippen LogP contribution in [-0.2, 0) is 4.79 Å². The molecule has 1 aliphatic rings. The summed E-state index contributed by atoms with van der Waals surface area (Å²) in [4.78, 5) is 10.7. The second-order valence-corrected chi connectivity index (χ2v) is 4.79. The Morgan fingerprint density at radius 1 is 1.50 bits per heavy atom. The SMILES string of the molecule is CC(C)[C@@H]1CC[C@@H](C)C/C1=C\C(=O)O. The minimum Gasteiger partial charge on any atom is -0.478 e. The monoisotopic (exact) mass is 196 g/mol. The van der Waals surface area contributed by atoms with E-state index >= 15 is 0 Å². The van der Waals surface area contributed by atoms with Crippen LogP contribution >= 0.6 is 0 Å². The number of carboxylic acid groups (broad SMARTS) is 1. The normalized spacial score (nSPS) is 31.0. The Morgan fingerprint density at radius 3 is 2.64 bits per heavy atom. The van der Waals surface area contributed by atoms with Crippen LogP contribution in [0.15, 0.2) is 11.6 Å². The molecule has 2 atom stereocenters. The van der Waals surface area contributed by atoms with Crippen molar-refractivity contribution in [3.8, 4) is 0 Å². The Labute approximate surface area is 86.0 Å². The van der Waals surface area contributed by atoms with Gasteiger partial charge in [0.25, 0.3) is 0 Å². The largest absolute Gasteiger partial charge is 0.478 e. The zero-order valence-corrected chi connectivity index (χ0v) is 9.29. The van der Waals surface area contributed by atoms with Gasteiger partial charge in [0, 0.05) is 6.08 Å². The molecule has 0 radical (unpaired) electrons. The fourth-order valence-corrected chi connectivity index (χ4v) is 2.39. The van der Waals surface area contributed by atoms with Crippen molar-refractivity contribution in [2.24, 2.45) is 17.8 Å². The van der Waals surface area contributed by atoms with Crippen molar-refractivity contribution in [1.82, 2.24) is 0 Å². The van der Waals surface area contributed by atoms with E-state index in [1.54, 1.807) is 0 Å². The molecule has 0 aromatic heterocycles. The molecule has 14 heavy (non-hydrogen) atoms. The third-order valence-electron chi connectivity index (χ3n) is 3.14. The van der Waals surface area contributed by atoms with Gasteiger partial charge >= 0.3 is 5.97 Å². The smallest absolute Gasteiger partial charge is 0.328 e. The second-order valence-electron chi connectivity index (χ2n) is 4.79. The van der Waals surface area contributed by atoms with Crippen molar-refractivity contribution in [2.45, 2.75) is 40.0 Å². The van der Waals surface area contributed by atoms with Gasteiger partial charge in [0.15, 0.2) is 0 Å². The summed E-state index contributed by atoms with van der Waals surface area (Å²) in [5.74, 6) is 0.908. The quantitative estimate of drug-likeness (QED) is 0.689. The highest BCUT2D eigenvalue weighted by molar-refractivity contribution is 5.80. The lowest BCUT2D eigenvalue weighted by atomic mass is 9.74. The van der Waals surface area contributed by atoms with Gasteiger partial charge in [0.1, 0.15) is 0 Å². The summed E-state index contributed by atoms with van der Waals surface area (Å²) in [6.07, 6.45) is 4.78. The molecule has 0 aromatic carbocycles. The lowest BCUT2D eigenvalue weighted by molar-refractivity contribution is -0.131. The number of aliphatic carboxylic acids is 1. The average Bonchev–Trinajstić information content (AvgIpc) is 2.01. The van der Waals surface area contributed by atoms with Gasteiger partial charge in [-0.1, -0.05) is 26.3 Å². The Bertz CT molecular complexity index is 241. The molecular formula is C12H20O2. The Kier molecular flexibility index (Phi) is 3.73. The molecule has 0 aromatic rings. The second kappa shape index (κ2) is 4.63. The highest BCUT2D eigenvalue weighted by atomic mass is 16.4. The molecule has 2 heteroatoms. The first kappa shape index (κ1) is 11.3. The van der Waals surface area contributed by atoms with E-state index in [-0.39, 0.29) is 0 Å². The predicted octanol–water partition coefficient (Wildman–Crippen LogP) is 3.09. The van der Waals surface area contributed by atoms with Crippen LogP contribution < -0.4 is 0 Å². The Hall–Kier alpha value is -0.790. The van der Waals surface area contributed by atoms with Gasteiger partial charge < -0.3 is 5.11 Å². The van der Waals surface area contributed by atoms with Crippen LogP contribution in [-0.4, -0.2) is 11.1 Å². The molecule has 0 spiro atoms. The summed E-state index contributed by atoms with van der Waals surface area (Å²) in [7, 11) is 0. The predicted molar refractivity (Wildman–Crippen MR) is 57.1 cm³/mol. The van der Waals surface area contributed by atoms with E-state index in [0.717, 1.165) is 18.4 Å². The molecule has 1 rings (SSSR count). The van der Waals surface area contributed by atoms with Crippen molar-refractivity contribution >= 4 is 5.97 Å². The molecule has 1 saturated carbocycles. The van der Waals surface area contributed by atoms with Crippen LogP contribution in [0.5, 0.6) is 0 Å². The third-order valence-corrected chi connectivity index (χ3v) is 3.14. The minimum atomic E-state index is -0.792. The van der Waals surface area contributed by atoms with Crippen molar-refractivity contribution in [1.29, 1.82) is 0 Å². The number of hydrogen-bond acceptors (Lipinski definition) is 1. The third kappa shape index (κ3) is 2.86. The highest BCUT2D eigenvalue weighted by Crippen LogP contribution is 2.37. The maximum absolute atomic E-state index is 10.7. The maximum Gasteiger partial charge on any atom is 0.328 e. The lowest BCUT2D eigenvalue weighted by Gasteiger charge is -2.31. The van der Waals surface area contributed by atoms with Gasteiger partial charge in [-0.3, -0.25) is 0 Å². The summed E-state index contributed by atoms with van der Waals surface area (Å²) in [6, 6.07) is 0. The maximum atomic E-state index is 10.7. The number of carbonyl (C=O) groups is 1. The van der Waals surface area contributed by atoms with Crippen LogP contribution in [0, 0.1) is 17.8 Å². The van der Waals surface area contributed by atoms with E-state index in [2.05, 4.69) is 20.8 Å². The molecule has 2 nitrogen and oxygen atoms in total. The number of allylic oxidation sites excluding steroid dienone is 1. The first-order valence-corrected chi connectivity index (χ1v) is 5.44. The fourth-order valence-electron chi connectivity index (χ4n) is 2.39. The highest BCUT2D eigenvalue weighted by Gasteiger charge is 2.25. The van der Waals surface area contributed by atoms with Crippen molar-refractivity contribution < 1.29 is 9.90 Å². The molecule has 0 unspecified atom stereocenters. The van der Waals surface area contributed by atoms with Gasteiger partial charge in [-0.15, -0.1) is 0 Å². The Morgan fingerprint density at radius 2 is 2.14 bits per heavy atom. The lowest BCUT2D eigenvalue weighted by Crippen LogP contribution is -2.21. The van der Waals surface area contributed by atoms with Crippen LogP contribution in [0.4, 0.5) is 0 Å². The molecule has 1 fully saturated rings. The first-order chi connectivity index (χ1) is 6.50. The van der Waals surface area contributed by atoms with E-state index in [4.69, 9.17) is 5.11 Å². The van der Waals surface area contributed by atoms with Crippen molar-refractivity contribution in [2.75, 3.05) is 0 Å². The van der Waals surface area contributed by atoms with Gasteiger partial charge in [-0.05, 0) is 37.0 Å².